The van der Waals surface area contributed by atoms with E-state index >= 15 is 0 Å². The molecule has 1 aliphatic carbocycles. The predicted molar refractivity (Wildman–Crippen MR) is 89.7 cm³/mol. The lowest BCUT2D eigenvalue weighted by Gasteiger charge is -2.30. The molecule has 0 radical (unpaired) electrons. The fourth-order valence-corrected chi connectivity index (χ4v) is 3.68. The van der Waals surface area contributed by atoms with Crippen LogP contribution in [0.2, 0.25) is 0 Å². The molecule has 0 aromatic heterocycles. The van der Waals surface area contributed by atoms with E-state index in [1.807, 2.05) is 30.3 Å². The van der Waals surface area contributed by atoms with Crippen molar-refractivity contribution in [1.29, 1.82) is 0 Å². The van der Waals surface area contributed by atoms with E-state index in [1.165, 1.54) is 18.2 Å². The first-order valence-electron chi connectivity index (χ1n) is 8.36. The first-order valence-corrected chi connectivity index (χ1v) is 8.36. The summed E-state index contributed by atoms with van der Waals surface area (Å²) in [5.41, 5.74) is 0.414. The highest BCUT2D eigenvalue weighted by Gasteiger charge is 2.40. The van der Waals surface area contributed by atoms with Crippen molar-refractivity contribution in [3.63, 3.8) is 0 Å². The fraction of sp³-hybridized carbons (Fsp3) is 0.350. The van der Waals surface area contributed by atoms with Gasteiger partial charge in [-0.05, 0) is 30.5 Å². The monoisotopic (exact) mass is 329 g/mol. The van der Waals surface area contributed by atoms with Crippen LogP contribution in [0.25, 0.3) is 0 Å². The number of amides is 1. The molecule has 4 heteroatoms. The molecule has 0 bridgehead atoms. The molecule has 1 amide bonds. The van der Waals surface area contributed by atoms with Crippen LogP contribution in [0, 0.1) is 11.6 Å². The van der Waals surface area contributed by atoms with Crippen LogP contribution in [-0.2, 0) is 16.6 Å². The Bertz CT molecular complexity index is 689. The van der Waals surface area contributed by atoms with Gasteiger partial charge in [0.05, 0.1) is 6.42 Å². The lowest BCUT2D eigenvalue weighted by Crippen LogP contribution is -2.40. The van der Waals surface area contributed by atoms with Gasteiger partial charge < -0.3 is 5.32 Å². The van der Waals surface area contributed by atoms with Crippen LogP contribution in [-0.4, -0.2) is 12.5 Å². The summed E-state index contributed by atoms with van der Waals surface area (Å²) in [4.78, 5) is 12.2. The number of carbonyl (C=O) groups excluding carboxylic acids is 1. The van der Waals surface area contributed by atoms with Crippen LogP contribution in [0.1, 0.15) is 36.8 Å². The fourth-order valence-electron chi connectivity index (χ4n) is 3.68. The Morgan fingerprint density at radius 1 is 0.958 bits per heavy atom. The standard InChI is InChI=1S/C20H21F2NO/c21-16-9-6-10-17(22)19(16)20(11-4-5-12-20)14-23-18(24)13-15-7-2-1-3-8-15/h1-3,6-10H,4-5,11-14H2,(H,23,24). The first-order chi connectivity index (χ1) is 11.6. The summed E-state index contributed by atoms with van der Waals surface area (Å²) < 4.78 is 28.5. The van der Waals surface area contributed by atoms with E-state index in [0.717, 1.165) is 18.4 Å². The number of halogens is 2. The van der Waals surface area contributed by atoms with E-state index in [9.17, 15) is 13.6 Å². The highest BCUT2D eigenvalue weighted by atomic mass is 19.1. The minimum absolute atomic E-state index is 0.121. The Balaban J connectivity index is 1.74. The summed E-state index contributed by atoms with van der Waals surface area (Å²) in [7, 11) is 0. The minimum Gasteiger partial charge on any atom is -0.355 e. The van der Waals surface area contributed by atoms with Crippen molar-refractivity contribution < 1.29 is 13.6 Å². The highest BCUT2D eigenvalue weighted by Crippen LogP contribution is 2.42. The van der Waals surface area contributed by atoms with Crippen molar-refractivity contribution in [2.45, 2.75) is 37.5 Å². The second kappa shape index (κ2) is 7.12. The van der Waals surface area contributed by atoms with E-state index in [1.54, 1.807) is 0 Å². The van der Waals surface area contributed by atoms with Crippen LogP contribution in [0.3, 0.4) is 0 Å². The third-order valence-electron chi connectivity index (χ3n) is 4.89. The van der Waals surface area contributed by atoms with Crippen molar-refractivity contribution >= 4 is 5.91 Å². The van der Waals surface area contributed by atoms with Crippen LogP contribution in [0.15, 0.2) is 48.5 Å². The topological polar surface area (TPSA) is 29.1 Å². The predicted octanol–water partition coefficient (Wildman–Crippen LogP) is 4.14. The molecule has 0 spiro atoms. The third-order valence-corrected chi connectivity index (χ3v) is 4.89. The maximum Gasteiger partial charge on any atom is 0.224 e. The molecule has 1 saturated carbocycles. The molecule has 2 nitrogen and oxygen atoms in total. The van der Waals surface area contributed by atoms with Gasteiger partial charge >= 0.3 is 0 Å². The number of rotatable bonds is 5. The zero-order valence-corrected chi connectivity index (χ0v) is 13.5. The molecular formula is C20H21F2NO. The van der Waals surface area contributed by atoms with Crippen molar-refractivity contribution in [3.05, 3.63) is 71.3 Å². The summed E-state index contributed by atoms with van der Waals surface area (Å²) in [5, 5.41) is 2.89. The Kier molecular flexibility index (Phi) is 4.93. The molecule has 1 N–H and O–H groups in total. The summed E-state index contributed by atoms with van der Waals surface area (Å²) in [5.74, 6) is -1.16. The SMILES string of the molecule is O=C(Cc1ccccc1)NCC1(c2c(F)cccc2F)CCCC1. The third kappa shape index (κ3) is 3.48. The Labute approximate surface area is 140 Å². The summed E-state index contributed by atoms with van der Waals surface area (Å²) >= 11 is 0. The van der Waals surface area contributed by atoms with Gasteiger partial charge in [-0.25, -0.2) is 8.78 Å². The lowest BCUT2D eigenvalue weighted by molar-refractivity contribution is -0.120. The van der Waals surface area contributed by atoms with Gasteiger partial charge in [0.15, 0.2) is 0 Å². The Hall–Kier alpha value is -2.23. The summed E-state index contributed by atoms with van der Waals surface area (Å²) in [6.07, 6.45) is 3.49. The summed E-state index contributed by atoms with van der Waals surface area (Å²) in [6.45, 7) is 0.274. The van der Waals surface area contributed by atoms with Crippen molar-refractivity contribution in [3.8, 4) is 0 Å². The minimum atomic E-state index is -0.637. The first kappa shape index (κ1) is 16.6. The molecule has 0 aliphatic heterocycles. The van der Waals surface area contributed by atoms with E-state index in [4.69, 9.17) is 0 Å². The molecule has 126 valence electrons. The van der Waals surface area contributed by atoms with Crippen LogP contribution >= 0.6 is 0 Å². The van der Waals surface area contributed by atoms with Gasteiger partial charge in [0.25, 0.3) is 0 Å². The molecule has 0 saturated heterocycles. The molecule has 24 heavy (non-hydrogen) atoms. The van der Waals surface area contributed by atoms with Crippen LogP contribution in [0.4, 0.5) is 8.78 Å². The van der Waals surface area contributed by atoms with Gasteiger partial charge in [0, 0.05) is 17.5 Å². The number of hydrogen-bond donors (Lipinski definition) is 1. The Morgan fingerprint density at radius 2 is 1.58 bits per heavy atom. The van der Waals surface area contributed by atoms with E-state index in [0.29, 0.717) is 12.8 Å². The highest BCUT2D eigenvalue weighted by molar-refractivity contribution is 5.78. The lowest BCUT2D eigenvalue weighted by atomic mass is 9.78. The smallest absolute Gasteiger partial charge is 0.224 e. The van der Waals surface area contributed by atoms with E-state index in [-0.39, 0.29) is 24.4 Å². The summed E-state index contributed by atoms with van der Waals surface area (Å²) in [6, 6.07) is 13.4. The zero-order valence-electron chi connectivity index (χ0n) is 13.5. The molecule has 0 atom stereocenters. The maximum atomic E-state index is 14.3. The maximum absolute atomic E-state index is 14.3. The van der Waals surface area contributed by atoms with Gasteiger partial charge in [-0.2, -0.15) is 0 Å². The molecule has 2 aromatic rings. The molecular weight excluding hydrogens is 308 g/mol. The van der Waals surface area contributed by atoms with Gasteiger partial charge in [0.1, 0.15) is 11.6 Å². The molecule has 2 aromatic carbocycles. The molecule has 1 aliphatic rings. The van der Waals surface area contributed by atoms with Gasteiger partial charge in [-0.3, -0.25) is 4.79 Å². The second-order valence-corrected chi connectivity index (χ2v) is 6.52. The number of hydrogen-bond acceptors (Lipinski definition) is 1. The molecule has 1 fully saturated rings. The van der Waals surface area contributed by atoms with Gasteiger partial charge in [-0.15, -0.1) is 0 Å². The average Bonchev–Trinajstić information content (AvgIpc) is 3.04. The Morgan fingerprint density at radius 3 is 2.21 bits per heavy atom. The van der Waals surface area contributed by atoms with E-state index < -0.39 is 17.0 Å². The molecule has 3 rings (SSSR count). The molecule has 0 heterocycles. The van der Waals surface area contributed by atoms with Gasteiger partial charge in [0.2, 0.25) is 5.91 Å². The van der Waals surface area contributed by atoms with Crippen molar-refractivity contribution in [2.24, 2.45) is 0 Å². The average molecular weight is 329 g/mol. The number of carbonyl (C=O) groups is 1. The largest absolute Gasteiger partial charge is 0.355 e. The zero-order chi connectivity index (χ0) is 17.0. The quantitative estimate of drug-likeness (QED) is 0.878. The van der Waals surface area contributed by atoms with E-state index in [2.05, 4.69) is 5.32 Å². The number of benzene rings is 2. The van der Waals surface area contributed by atoms with Crippen molar-refractivity contribution in [2.75, 3.05) is 6.54 Å². The molecule has 0 unspecified atom stereocenters. The van der Waals surface area contributed by atoms with Crippen molar-refractivity contribution in [1.82, 2.24) is 5.32 Å². The van der Waals surface area contributed by atoms with Crippen LogP contribution < -0.4 is 5.32 Å². The number of nitrogens with one attached hydrogen (secondary N) is 1. The second-order valence-electron chi connectivity index (χ2n) is 6.52. The van der Waals surface area contributed by atoms with Crippen LogP contribution in [0.5, 0.6) is 0 Å². The van der Waals surface area contributed by atoms with Gasteiger partial charge in [-0.1, -0.05) is 49.2 Å². The normalized spacial score (nSPS) is 16.1.